The van der Waals surface area contributed by atoms with E-state index in [1.54, 1.807) is 0 Å². The molecular weight excluding hydrogens is 755 g/mol. The number of aliphatic hydroxyl groups excluding tert-OH is 2. The first-order valence-electron chi connectivity index (χ1n) is 25.3. The molecule has 3 unspecified atom stereocenters. The average molecular weight is 850 g/mol. The van der Waals surface area contributed by atoms with Crippen LogP contribution in [0.2, 0.25) is 0 Å². The fraction of sp³-hybridized carbons (Fsp3) is 0.709. The molecule has 0 aromatic heterocycles. The third-order valence-corrected chi connectivity index (χ3v) is 11.0. The van der Waals surface area contributed by atoms with Crippen LogP contribution >= 0.6 is 0 Å². The quantitative estimate of drug-likeness (QED) is 0.0246. The zero-order valence-electron chi connectivity index (χ0n) is 39.8. The van der Waals surface area contributed by atoms with Gasteiger partial charge in [0, 0.05) is 6.42 Å². The van der Waals surface area contributed by atoms with Crippen LogP contribution in [0.1, 0.15) is 226 Å². The summed E-state index contributed by atoms with van der Waals surface area (Å²) in [5.74, 6) is -0.557. The molecule has 0 saturated heterocycles. The summed E-state index contributed by atoms with van der Waals surface area (Å²) in [4.78, 5) is 26.1. The zero-order valence-corrected chi connectivity index (χ0v) is 39.8. The van der Waals surface area contributed by atoms with Crippen LogP contribution < -0.4 is 5.32 Å². The summed E-state index contributed by atoms with van der Waals surface area (Å²) in [6.45, 7) is 6.21. The van der Waals surface area contributed by atoms with E-state index in [4.69, 9.17) is 4.74 Å². The highest BCUT2D eigenvalue weighted by atomic mass is 16.5. The molecule has 0 heterocycles. The summed E-state index contributed by atoms with van der Waals surface area (Å²) < 4.78 is 5.89. The smallest absolute Gasteiger partial charge is 0.306 e. The summed E-state index contributed by atoms with van der Waals surface area (Å²) in [6.07, 6.45) is 62.2. The van der Waals surface area contributed by atoms with Crippen LogP contribution in [0, 0.1) is 0 Å². The van der Waals surface area contributed by atoms with Crippen molar-refractivity contribution in [1.29, 1.82) is 0 Å². The molecule has 0 saturated carbocycles. The van der Waals surface area contributed by atoms with Crippen molar-refractivity contribution in [1.82, 2.24) is 5.32 Å². The van der Waals surface area contributed by atoms with E-state index in [-0.39, 0.29) is 24.9 Å². The number of carbonyl (C=O) groups is 2. The van der Waals surface area contributed by atoms with E-state index >= 15 is 0 Å². The maximum absolute atomic E-state index is 13.2. The lowest BCUT2D eigenvalue weighted by Crippen LogP contribution is -2.46. The predicted molar refractivity (Wildman–Crippen MR) is 264 cm³/mol. The van der Waals surface area contributed by atoms with Crippen molar-refractivity contribution < 1.29 is 24.5 Å². The zero-order chi connectivity index (χ0) is 44.5. The summed E-state index contributed by atoms with van der Waals surface area (Å²) in [7, 11) is 0. The van der Waals surface area contributed by atoms with Crippen molar-refractivity contribution in [3.05, 3.63) is 85.1 Å². The van der Waals surface area contributed by atoms with Gasteiger partial charge in [0.25, 0.3) is 0 Å². The van der Waals surface area contributed by atoms with Crippen LogP contribution in [-0.2, 0) is 14.3 Å². The largest absolute Gasteiger partial charge is 0.462 e. The Kier molecular flexibility index (Phi) is 45.7. The Bertz CT molecular complexity index is 1180. The number of allylic oxidation sites excluding steroid dienone is 14. The monoisotopic (exact) mass is 850 g/mol. The van der Waals surface area contributed by atoms with Crippen LogP contribution in [0.25, 0.3) is 0 Å². The molecule has 350 valence electrons. The van der Waals surface area contributed by atoms with E-state index in [1.165, 1.54) is 77.0 Å². The van der Waals surface area contributed by atoms with Crippen molar-refractivity contribution in [2.75, 3.05) is 6.61 Å². The van der Waals surface area contributed by atoms with E-state index in [1.807, 2.05) is 0 Å². The molecule has 0 aliphatic heterocycles. The number of unbranched alkanes of at least 4 members (excludes halogenated alkanes) is 20. The number of esters is 1. The molecule has 0 aromatic rings. The van der Waals surface area contributed by atoms with Crippen LogP contribution in [0.5, 0.6) is 0 Å². The molecule has 3 N–H and O–H groups in total. The molecule has 0 bridgehead atoms. The maximum Gasteiger partial charge on any atom is 0.306 e. The van der Waals surface area contributed by atoms with Crippen LogP contribution in [0.15, 0.2) is 85.1 Å². The SMILES string of the molecule is CC/C=C/C=C/C=C\CCCCCCCC(=O)OC(CCC/C=C/C/C=C/C/C=C/C/C=C/CC)CC(=O)NC(CO)C(O)CCCCCCCCCCCCCCCCC. The van der Waals surface area contributed by atoms with Gasteiger partial charge in [0.05, 0.1) is 25.2 Å². The van der Waals surface area contributed by atoms with E-state index in [9.17, 15) is 19.8 Å². The van der Waals surface area contributed by atoms with Crippen LogP contribution in [0.3, 0.4) is 0 Å². The molecule has 0 rings (SSSR count). The van der Waals surface area contributed by atoms with Gasteiger partial charge in [-0.15, -0.1) is 0 Å². The van der Waals surface area contributed by atoms with E-state index < -0.39 is 18.2 Å². The van der Waals surface area contributed by atoms with E-state index in [2.05, 4.69) is 111 Å². The maximum atomic E-state index is 13.2. The lowest BCUT2D eigenvalue weighted by atomic mass is 10.0. The number of ether oxygens (including phenoxy) is 1. The molecular formula is C55H95NO5. The molecule has 0 aliphatic rings. The van der Waals surface area contributed by atoms with Gasteiger partial charge in [-0.2, -0.15) is 0 Å². The van der Waals surface area contributed by atoms with Gasteiger partial charge in [-0.05, 0) is 77.0 Å². The Balaban J connectivity index is 4.68. The standard InChI is InChI=1S/C55H95NO5/c1-4-7-10-13-16-19-22-25-27-30-32-35-38-41-44-47-53(58)52(50-57)56-54(59)49-51(46-43-40-37-34-31-29-26-23-20-17-14-11-8-5-2)61-55(60)48-45-42-39-36-33-28-24-21-18-15-12-9-6-3/h8-9,11-12,15,17-18,20-21,24,26,29,34,37,51-53,57-58H,4-7,10,13-14,16,19,22-23,25,27-28,30-33,35-36,38-50H2,1-3H3,(H,56,59)/b11-8+,12-9+,18-15+,20-17+,24-21-,29-26+,37-34+. The molecule has 3 atom stereocenters. The van der Waals surface area contributed by atoms with Crippen LogP contribution in [-0.4, -0.2) is 46.9 Å². The minimum atomic E-state index is -0.809. The fourth-order valence-electron chi connectivity index (χ4n) is 7.25. The Morgan fingerprint density at radius 1 is 0.508 bits per heavy atom. The van der Waals surface area contributed by atoms with Crippen molar-refractivity contribution in [2.45, 2.75) is 244 Å². The number of hydrogen-bond donors (Lipinski definition) is 3. The lowest BCUT2D eigenvalue weighted by molar-refractivity contribution is -0.151. The summed E-state index contributed by atoms with van der Waals surface area (Å²) in [5.41, 5.74) is 0. The van der Waals surface area contributed by atoms with Gasteiger partial charge in [-0.3, -0.25) is 9.59 Å². The van der Waals surface area contributed by atoms with Gasteiger partial charge < -0.3 is 20.3 Å². The van der Waals surface area contributed by atoms with E-state index in [0.29, 0.717) is 19.3 Å². The minimum Gasteiger partial charge on any atom is -0.462 e. The summed E-state index contributed by atoms with van der Waals surface area (Å²) in [5, 5.41) is 23.8. The second-order valence-corrected chi connectivity index (χ2v) is 16.9. The van der Waals surface area contributed by atoms with Crippen molar-refractivity contribution in [3.8, 4) is 0 Å². The van der Waals surface area contributed by atoms with Crippen LogP contribution in [0.4, 0.5) is 0 Å². The van der Waals surface area contributed by atoms with Crippen molar-refractivity contribution in [3.63, 3.8) is 0 Å². The molecule has 0 aliphatic carbocycles. The highest BCUT2D eigenvalue weighted by molar-refractivity contribution is 5.77. The molecule has 6 heteroatoms. The topological polar surface area (TPSA) is 95.9 Å². The molecule has 6 nitrogen and oxygen atoms in total. The second-order valence-electron chi connectivity index (χ2n) is 16.9. The first kappa shape index (κ1) is 58.0. The lowest BCUT2D eigenvalue weighted by Gasteiger charge is -2.24. The van der Waals surface area contributed by atoms with Crippen molar-refractivity contribution in [2.24, 2.45) is 0 Å². The number of aliphatic hydroxyl groups is 2. The third-order valence-electron chi connectivity index (χ3n) is 11.0. The second kappa shape index (κ2) is 48.1. The first-order valence-corrected chi connectivity index (χ1v) is 25.3. The number of hydrogen-bond acceptors (Lipinski definition) is 5. The number of carbonyl (C=O) groups excluding carboxylic acids is 2. The first-order chi connectivity index (χ1) is 30.0. The van der Waals surface area contributed by atoms with Gasteiger partial charge in [0.15, 0.2) is 0 Å². The number of nitrogens with one attached hydrogen (secondary N) is 1. The number of rotatable bonds is 44. The predicted octanol–water partition coefficient (Wildman–Crippen LogP) is 15.2. The Morgan fingerprint density at radius 3 is 1.54 bits per heavy atom. The van der Waals surface area contributed by atoms with Gasteiger partial charge in [0.1, 0.15) is 6.10 Å². The molecule has 0 radical (unpaired) electrons. The van der Waals surface area contributed by atoms with Gasteiger partial charge in [-0.1, -0.05) is 221 Å². The summed E-state index contributed by atoms with van der Waals surface area (Å²) >= 11 is 0. The molecule has 0 spiro atoms. The Morgan fingerprint density at radius 2 is 0.984 bits per heavy atom. The minimum absolute atomic E-state index is 0.0275. The molecule has 0 fully saturated rings. The third kappa shape index (κ3) is 43.5. The average Bonchev–Trinajstić information content (AvgIpc) is 3.25. The fourth-order valence-corrected chi connectivity index (χ4v) is 7.25. The van der Waals surface area contributed by atoms with Gasteiger partial charge >= 0.3 is 5.97 Å². The van der Waals surface area contributed by atoms with Gasteiger partial charge in [-0.25, -0.2) is 0 Å². The summed E-state index contributed by atoms with van der Waals surface area (Å²) in [6, 6.07) is -0.727. The van der Waals surface area contributed by atoms with Gasteiger partial charge in [0.2, 0.25) is 5.91 Å². The molecule has 0 aromatic carbocycles. The highest BCUT2D eigenvalue weighted by Crippen LogP contribution is 2.17. The van der Waals surface area contributed by atoms with Crippen molar-refractivity contribution >= 4 is 11.9 Å². The van der Waals surface area contributed by atoms with E-state index in [0.717, 1.165) is 103 Å². The molecule has 1 amide bonds. The normalized spacial score (nSPS) is 14.0. The Hall–Kier alpha value is -2.96. The highest BCUT2D eigenvalue weighted by Gasteiger charge is 2.24. The number of amides is 1. The Labute approximate surface area is 376 Å². The molecule has 61 heavy (non-hydrogen) atoms.